The predicted octanol–water partition coefficient (Wildman–Crippen LogP) is 2.35. The fourth-order valence-corrected chi connectivity index (χ4v) is 4.56. The monoisotopic (exact) mass is 481 g/mol. The Balaban J connectivity index is 2.48. The molecule has 0 saturated heterocycles. The lowest BCUT2D eigenvalue weighted by molar-refractivity contribution is -0.387. The number of anilines is 1. The number of carbonyl (C=O) groups is 1. The van der Waals surface area contributed by atoms with Crippen LogP contribution in [0.15, 0.2) is 47.4 Å². The number of nitrogens with zero attached hydrogens (tertiary/aromatic N) is 2. The average molecular weight is 482 g/mol. The van der Waals surface area contributed by atoms with Crippen molar-refractivity contribution >= 4 is 27.3 Å². The van der Waals surface area contributed by atoms with Gasteiger partial charge >= 0.3 is 0 Å². The van der Waals surface area contributed by atoms with Gasteiger partial charge in [0.25, 0.3) is 15.7 Å². The van der Waals surface area contributed by atoms with E-state index >= 15 is 0 Å². The van der Waals surface area contributed by atoms with Crippen LogP contribution in [0.1, 0.15) is 13.3 Å². The zero-order valence-corrected chi connectivity index (χ0v) is 19.5. The number of nitrogens with one attached hydrogen (secondary N) is 1. The molecule has 2 rings (SSSR count). The van der Waals surface area contributed by atoms with E-state index in [4.69, 9.17) is 14.2 Å². The van der Waals surface area contributed by atoms with Gasteiger partial charge in [-0.25, -0.2) is 8.42 Å². The van der Waals surface area contributed by atoms with Crippen molar-refractivity contribution in [1.29, 1.82) is 0 Å². The summed E-state index contributed by atoms with van der Waals surface area (Å²) >= 11 is 0. The number of sulfonamides is 1. The number of hydrogen-bond acceptors (Lipinski definition) is 8. The summed E-state index contributed by atoms with van der Waals surface area (Å²) in [6.45, 7) is 2.50. The van der Waals surface area contributed by atoms with Crippen LogP contribution < -0.4 is 19.1 Å². The lowest BCUT2D eigenvalue weighted by Crippen LogP contribution is -2.41. The van der Waals surface area contributed by atoms with Gasteiger partial charge in [-0.2, -0.15) is 0 Å². The average Bonchev–Trinajstić information content (AvgIpc) is 2.81. The second-order valence-corrected chi connectivity index (χ2v) is 8.51. The van der Waals surface area contributed by atoms with Crippen LogP contribution in [0.3, 0.4) is 0 Å². The second-order valence-electron chi connectivity index (χ2n) is 6.67. The number of ether oxygens (including phenoxy) is 3. The number of amides is 1. The van der Waals surface area contributed by atoms with Gasteiger partial charge in [0.05, 0.1) is 24.8 Å². The van der Waals surface area contributed by atoms with Crippen molar-refractivity contribution < 1.29 is 32.3 Å². The first-order chi connectivity index (χ1) is 15.8. The molecule has 0 fully saturated rings. The van der Waals surface area contributed by atoms with Crippen molar-refractivity contribution in [1.82, 2.24) is 5.32 Å². The molecule has 0 bridgehead atoms. The molecule has 0 spiro atoms. The number of methoxy groups -OCH3 is 2. The summed E-state index contributed by atoms with van der Waals surface area (Å²) in [5.74, 6) is -0.0776. The lowest BCUT2D eigenvalue weighted by Gasteiger charge is -2.25. The summed E-state index contributed by atoms with van der Waals surface area (Å²) in [6, 6.07) is 9.31. The van der Waals surface area contributed by atoms with E-state index in [9.17, 15) is 23.3 Å². The van der Waals surface area contributed by atoms with Crippen LogP contribution in [0.2, 0.25) is 0 Å². The summed E-state index contributed by atoms with van der Waals surface area (Å²) in [4.78, 5) is 22.8. The molecule has 2 aromatic rings. The van der Waals surface area contributed by atoms with Crippen molar-refractivity contribution in [2.24, 2.45) is 0 Å². The zero-order valence-electron chi connectivity index (χ0n) is 18.6. The molecule has 0 heterocycles. The summed E-state index contributed by atoms with van der Waals surface area (Å²) in [7, 11) is -1.76. The number of nitro groups is 1. The van der Waals surface area contributed by atoms with Gasteiger partial charge in [0.15, 0.2) is 4.90 Å². The van der Waals surface area contributed by atoms with E-state index in [-0.39, 0.29) is 18.0 Å². The maximum atomic E-state index is 13.6. The minimum absolute atomic E-state index is 0.0286. The van der Waals surface area contributed by atoms with Crippen LogP contribution in [0.5, 0.6) is 11.5 Å². The third-order valence-corrected chi connectivity index (χ3v) is 6.37. The van der Waals surface area contributed by atoms with Crippen molar-refractivity contribution in [3.8, 4) is 11.5 Å². The Bertz CT molecular complexity index is 1070. The van der Waals surface area contributed by atoms with E-state index in [1.165, 1.54) is 44.6 Å². The maximum Gasteiger partial charge on any atom is 0.289 e. The molecule has 12 heteroatoms. The molecule has 0 radical (unpaired) electrons. The molecule has 33 heavy (non-hydrogen) atoms. The summed E-state index contributed by atoms with van der Waals surface area (Å²) in [6.07, 6.45) is 0.544. The number of nitro benzene ring substituents is 1. The standard InChI is InChI=1S/C21H27N3O8S/c1-4-32-13-7-12-22-21(25)15-23(17-11-10-16(30-2)14-19(17)31-3)33(28,29)20-9-6-5-8-18(20)24(26)27/h5-6,8-11,14H,4,7,12-13,15H2,1-3H3,(H,22,25). The topological polar surface area (TPSA) is 137 Å². The van der Waals surface area contributed by atoms with E-state index in [0.29, 0.717) is 25.4 Å². The van der Waals surface area contributed by atoms with E-state index in [0.717, 1.165) is 16.4 Å². The van der Waals surface area contributed by atoms with E-state index < -0.39 is 38.0 Å². The molecular formula is C21H27N3O8S. The van der Waals surface area contributed by atoms with Gasteiger partial charge in [-0.1, -0.05) is 12.1 Å². The molecule has 11 nitrogen and oxygen atoms in total. The fraction of sp³-hybridized carbons (Fsp3) is 0.381. The van der Waals surface area contributed by atoms with Crippen LogP contribution in [0.25, 0.3) is 0 Å². The van der Waals surface area contributed by atoms with E-state index in [1.54, 1.807) is 0 Å². The van der Waals surface area contributed by atoms with E-state index in [2.05, 4.69) is 5.32 Å². The van der Waals surface area contributed by atoms with Gasteiger partial charge in [-0.15, -0.1) is 0 Å². The Morgan fingerprint density at radius 2 is 1.88 bits per heavy atom. The molecule has 0 aliphatic rings. The molecule has 0 atom stereocenters. The van der Waals surface area contributed by atoms with Gasteiger partial charge in [0.1, 0.15) is 18.0 Å². The van der Waals surface area contributed by atoms with Crippen molar-refractivity contribution in [2.45, 2.75) is 18.2 Å². The lowest BCUT2D eigenvalue weighted by atomic mass is 10.2. The highest BCUT2D eigenvalue weighted by Crippen LogP contribution is 2.37. The highest BCUT2D eigenvalue weighted by Gasteiger charge is 2.34. The first-order valence-electron chi connectivity index (χ1n) is 10.1. The number of para-hydroxylation sites is 1. The van der Waals surface area contributed by atoms with Gasteiger partial charge in [0, 0.05) is 31.9 Å². The Morgan fingerprint density at radius 3 is 2.52 bits per heavy atom. The SMILES string of the molecule is CCOCCCNC(=O)CN(c1ccc(OC)cc1OC)S(=O)(=O)c1ccccc1[N+](=O)[O-]. The summed E-state index contributed by atoms with van der Waals surface area (Å²) in [5, 5.41) is 14.1. The molecular weight excluding hydrogens is 454 g/mol. The molecule has 2 aromatic carbocycles. The Labute approximate surface area is 192 Å². The number of carbonyl (C=O) groups excluding carboxylic acids is 1. The van der Waals surface area contributed by atoms with Crippen LogP contribution >= 0.6 is 0 Å². The zero-order chi connectivity index (χ0) is 24.4. The van der Waals surface area contributed by atoms with Gasteiger partial charge < -0.3 is 19.5 Å². The van der Waals surface area contributed by atoms with Gasteiger partial charge in [0.2, 0.25) is 5.91 Å². The molecule has 0 unspecified atom stereocenters. The van der Waals surface area contributed by atoms with Crippen LogP contribution in [-0.2, 0) is 19.6 Å². The predicted molar refractivity (Wildman–Crippen MR) is 121 cm³/mol. The highest BCUT2D eigenvalue weighted by molar-refractivity contribution is 7.93. The maximum absolute atomic E-state index is 13.6. The Morgan fingerprint density at radius 1 is 1.15 bits per heavy atom. The number of rotatable bonds is 13. The van der Waals surface area contributed by atoms with E-state index in [1.807, 2.05) is 6.92 Å². The number of hydrogen-bond donors (Lipinski definition) is 1. The smallest absolute Gasteiger partial charge is 0.289 e. The molecule has 0 aromatic heterocycles. The first kappa shape index (κ1) is 25.9. The third-order valence-electron chi connectivity index (χ3n) is 4.56. The molecule has 1 amide bonds. The first-order valence-corrected chi connectivity index (χ1v) is 11.5. The summed E-state index contributed by atoms with van der Waals surface area (Å²) < 4.78 is 43.6. The molecule has 0 saturated carbocycles. The third kappa shape index (κ3) is 6.56. The van der Waals surface area contributed by atoms with Gasteiger partial charge in [-0.3, -0.25) is 19.2 Å². The summed E-state index contributed by atoms with van der Waals surface area (Å²) in [5.41, 5.74) is -0.576. The fourth-order valence-electron chi connectivity index (χ4n) is 2.97. The largest absolute Gasteiger partial charge is 0.497 e. The van der Waals surface area contributed by atoms with Crippen LogP contribution in [-0.4, -0.2) is 59.8 Å². The Hall–Kier alpha value is -3.38. The van der Waals surface area contributed by atoms with Crippen molar-refractivity contribution in [3.05, 3.63) is 52.6 Å². The number of benzene rings is 2. The second kappa shape index (κ2) is 12.0. The quantitative estimate of drug-likeness (QED) is 0.261. The molecule has 0 aliphatic heterocycles. The van der Waals surface area contributed by atoms with Crippen LogP contribution in [0.4, 0.5) is 11.4 Å². The van der Waals surface area contributed by atoms with Gasteiger partial charge in [-0.05, 0) is 31.5 Å². The molecule has 0 aliphatic carbocycles. The Kier molecular flexibility index (Phi) is 9.43. The van der Waals surface area contributed by atoms with Crippen molar-refractivity contribution in [3.63, 3.8) is 0 Å². The normalized spacial score (nSPS) is 11.0. The van der Waals surface area contributed by atoms with Crippen LogP contribution in [0, 0.1) is 10.1 Å². The molecule has 1 N–H and O–H groups in total. The molecule has 180 valence electrons. The highest BCUT2D eigenvalue weighted by atomic mass is 32.2. The minimum Gasteiger partial charge on any atom is -0.497 e. The minimum atomic E-state index is -4.53. The van der Waals surface area contributed by atoms with Crippen molar-refractivity contribution in [2.75, 3.05) is 44.8 Å².